The Balaban J connectivity index is 1.46. The smallest absolute Gasteiger partial charge is 0.317 e. The summed E-state index contributed by atoms with van der Waals surface area (Å²) >= 11 is 0. The van der Waals surface area contributed by atoms with Gasteiger partial charge in [-0.3, -0.25) is 9.88 Å². The second kappa shape index (κ2) is 8.46. The summed E-state index contributed by atoms with van der Waals surface area (Å²) in [4.78, 5) is 24.3. The molecule has 2 aliphatic carbocycles. The van der Waals surface area contributed by atoms with Crippen molar-refractivity contribution in [1.29, 1.82) is 5.26 Å². The number of hydrogen-bond acceptors (Lipinski definition) is 4. The summed E-state index contributed by atoms with van der Waals surface area (Å²) in [6.45, 7) is 2.49. The molecule has 1 saturated heterocycles. The number of likely N-dealkylation sites (N-methyl/N-ethyl adjacent to an activating group) is 1. The third kappa shape index (κ3) is 4.00. The molecular formula is C27H33N5O. The first kappa shape index (κ1) is 21.9. The SMILES string of the molecule is CN(C)CC1(c2ccccc2)CCC2(CC1)CN(c1cnccc1C#N)C(=O)N2CC1CC1. The van der Waals surface area contributed by atoms with Gasteiger partial charge in [-0.05, 0) is 70.2 Å². The molecule has 3 aliphatic rings. The van der Waals surface area contributed by atoms with Crippen LogP contribution in [0, 0.1) is 17.2 Å². The Hall–Kier alpha value is -2.91. The molecule has 0 bridgehead atoms. The summed E-state index contributed by atoms with van der Waals surface area (Å²) in [6.07, 6.45) is 9.78. The van der Waals surface area contributed by atoms with Crippen LogP contribution >= 0.6 is 0 Å². The predicted molar refractivity (Wildman–Crippen MR) is 129 cm³/mol. The predicted octanol–water partition coefficient (Wildman–Crippen LogP) is 4.42. The van der Waals surface area contributed by atoms with E-state index in [1.165, 1.54) is 18.4 Å². The molecule has 33 heavy (non-hydrogen) atoms. The number of pyridine rings is 1. The van der Waals surface area contributed by atoms with E-state index in [4.69, 9.17) is 0 Å². The van der Waals surface area contributed by atoms with Crippen molar-refractivity contribution in [3.8, 4) is 6.07 Å². The van der Waals surface area contributed by atoms with E-state index in [0.717, 1.165) is 38.8 Å². The second-order valence-corrected chi connectivity index (χ2v) is 10.5. The standard InChI is InChI=1S/C27H33N5O/c1-30(2)19-26(23-6-4-3-5-7-23)11-13-27(14-12-26)20-31(24-17-29-15-10-22(24)16-28)25(33)32(27)18-21-8-9-21/h3-7,10,15,17,21H,8-9,11-14,18-20H2,1-2H3. The van der Waals surface area contributed by atoms with E-state index in [2.05, 4.69) is 65.3 Å². The number of nitriles is 1. The van der Waals surface area contributed by atoms with Gasteiger partial charge in [0.1, 0.15) is 6.07 Å². The first-order chi connectivity index (χ1) is 16.0. The zero-order valence-corrected chi connectivity index (χ0v) is 19.7. The fourth-order valence-electron chi connectivity index (χ4n) is 6.07. The van der Waals surface area contributed by atoms with E-state index in [9.17, 15) is 10.1 Å². The number of aromatic nitrogens is 1. The van der Waals surface area contributed by atoms with Crippen molar-refractivity contribution in [3.63, 3.8) is 0 Å². The van der Waals surface area contributed by atoms with Gasteiger partial charge in [0.25, 0.3) is 0 Å². The highest BCUT2D eigenvalue weighted by molar-refractivity contribution is 5.96. The summed E-state index contributed by atoms with van der Waals surface area (Å²) in [7, 11) is 4.31. The molecule has 3 fully saturated rings. The Bertz CT molecular complexity index is 1050. The number of rotatable bonds is 6. The zero-order chi connectivity index (χ0) is 23.1. The minimum atomic E-state index is -0.174. The third-order valence-electron chi connectivity index (χ3n) is 7.98. The van der Waals surface area contributed by atoms with Gasteiger partial charge in [0, 0.05) is 24.7 Å². The Morgan fingerprint density at radius 3 is 2.48 bits per heavy atom. The molecule has 1 spiro atoms. The average molecular weight is 444 g/mol. The molecule has 5 rings (SSSR count). The van der Waals surface area contributed by atoms with Crippen LogP contribution < -0.4 is 4.90 Å². The van der Waals surface area contributed by atoms with Crippen LogP contribution in [0.5, 0.6) is 0 Å². The van der Waals surface area contributed by atoms with Gasteiger partial charge in [-0.15, -0.1) is 0 Å². The maximum Gasteiger partial charge on any atom is 0.325 e. The van der Waals surface area contributed by atoms with Crippen LogP contribution in [0.25, 0.3) is 0 Å². The molecule has 2 saturated carbocycles. The highest BCUT2D eigenvalue weighted by Gasteiger charge is 2.55. The molecule has 0 unspecified atom stereocenters. The van der Waals surface area contributed by atoms with E-state index >= 15 is 0 Å². The molecular weight excluding hydrogens is 410 g/mol. The number of carbonyl (C=O) groups is 1. The van der Waals surface area contributed by atoms with Crippen molar-refractivity contribution in [1.82, 2.24) is 14.8 Å². The minimum absolute atomic E-state index is 0.0474. The van der Waals surface area contributed by atoms with Crippen LogP contribution in [0.1, 0.15) is 49.7 Å². The Morgan fingerprint density at radius 2 is 1.85 bits per heavy atom. The monoisotopic (exact) mass is 443 g/mol. The Kier molecular flexibility index (Phi) is 5.62. The molecule has 6 nitrogen and oxygen atoms in total. The molecule has 2 heterocycles. The lowest BCUT2D eigenvalue weighted by Gasteiger charge is -2.49. The molecule has 2 aromatic rings. The van der Waals surface area contributed by atoms with Crippen molar-refractivity contribution < 1.29 is 4.79 Å². The topological polar surface area (TPSA) is 63.5 Å². The van der Waals surface area contributed by atoms with Gasteiger partial charge in [0.2, 0.25) is 0 Å². The van der Waals surface area contributed by atoms with Crippen LogP contribution in [-0.2, 0) is 5.41 Å². The van der Waals surface area contributed by atoms with Crippen molar-refractivity contribution in [3.05, 3.63) is 59.9 Å². The normalized spacial score (nSPS) is 27.4. The molecule has 1 aromatic carbocycles. The van der Waals surface area contributed by atoms with Crippen LogP contribution in [0.15, 0.2) is 48.8 Å². The van der Waals surface area contributed by atoms with E-state index in [0.29, 0.717) is 23.7 Å². The number of hydrogen-bond donors (Lipinski definition) is 0. The van der Waals surface area contributed by atoms with Crippen LogP contribution in [0.4, 0.5) is 10.5 Å². The van der Waals surface area contributed by atoms with E-state index < -0.39 is 0 Å². The van der Waals surface area contributed by atoms with Crippen LogP contribution in [0.3, 0.4) is 0 Å². The summed E-state index contributed by atoms with van der Waals surface area (Å²) in [5.74, 6) is 0.623. The van der Waals surface area contributed by atoms with Crippen molar-refractivity contribution in [2.75, 3.05) is 38.6 Å². The Morgan fingerprint density at radius 1 is 1.12 bits per heavy atom. The number of urea groups is 1. The van der Waals surface area contributed by atoms with Gasteiger partial charge in [0.05, 0.1) is 29.5 Å². The van der Waals surface area contributed by atoms with Crippen LogP contribution in [-0.4, -0.2) is 60.1 Å². The van der Waals surface area contributed by atoms with Crippen molar-refractivity contribution in [2.45, 2.75) is 49.5 Å². The molecule has 0 atom stereocenters. The second-order valence-electron chi connectivity index (χ2n) is 10.5. The summed E-state index contributed by atoms with van der Waals surface area (Å²) in [5, 5.41) is 9.63. The highest BCUT2D eigenvalue weighted by atomic mass is 16.2. The van der Waals surface area contributed by atoms with Gasteiger partial charge in [0.15, 0.2) is 0 Å². The van der Waals surface area contributed by atoms with E-state index in [-0.39, 0.29) is 17.0 Å². The van der Waals surface area contributed by atoms with Crippen molar-refractivity contribution >= 4 is 11.7 Å². The number of amides is 2. The van der Waals surface area contributed by atoms with Gasteiger partial charge in [-0.1, -0.05) is 30.3 Å². The van der Waals surface area contributed by atoms with Gasteiger partial charge in [-0.25, -0.2) is 4.79 Å². The average Bonchev–Trinajstić information content (AvgIpc) is 3.62. The van der Waals surface area contributed by atoms with Gasteiger partial charge < -0.3 is 9.80 Å². The number of anilines is 1. The van der Waals surface area contributed by atoms with Gasteiger partial charge in [-0.2, -0.15) is 5.26 Å². The molecule has 0 radical (unpaired) electrons. The van der Waals surface area contributed by atoms with Crippen LogP contribution in [0.2, 0.25) is 0 Å². The van der Waals surface area contributed by atoms with Crippen molar-refractivity contribution in [2.24, 2.45) is 5.92 Å². The minimum Gasteiger partial charge on any atom is -0.317 e. The third-order valence-corrected chi connectivity index (χ3v) is 7.98. The lowest BCUT2D eigenvalue weighted by molar-refractivity contribution is 0.0752. The Labute approximate surface area is 196 Å². The number of carbonyl (C=O) groups excluding carboxylic acids is 1. The molecule has 1 aromatic heterocycles. The first-order valence-electron chi connectivity index (χ1n) is 12.1. The fraction of sp³-hybridized carbons (Fsp3) is 0.519. The summed E-state index contributed by atoms with van der Waals surface area (Å²) in [5.41, 5.74) is 2.50. The molecule has 1 aliphatic heterocycles. The molecule has 2 amide bonds. The molecule has 6 heteroatoms. The van der Waals surface area contributed by atoms with E-state index in [1.807, 2.05) is 4.90 Å². The summed E-state index contributed by atoms with van der Waals surface area (Å²) < 4.78 is 0. The molecule has 0 N–H and O–H groups in total. The summed E-state index contributed by atoms with van der Waals surface area (Å²) in [6, 6.07) is 14.9. The lowest BCUT2D eigenvalue weighted by Crippen LogP contribution is -2.54. The first-order valence-corrected chi connectivity index (χ1v) is 12.1. The number of benzene rings is 1. The number of nitrogens with zero attached hydrogens (tertiary/aromatic N) is 5. The molecule has 172 valence electrons. The van der Waals surface area contributed by atoms with Gasteiger partial charge >= 0.3 is 6.03 Å². The largest absolute Gasteiger partial charge is 0.325 e. The maximum absolute atomic E-state index is 13.7. The fourth-order valence-corrected chi connectivity index (χ4v) is 6.07. The van der Waals surface area contributed by atoms with E-state index in [1.54, 1.807) is 18.5 Å². The highest BCUT2D eigenvalue weighted by Crippen LogP contribution is 2.50. The lowest BCUT2D eigenvalue weighted by atomic mass is 9.63. The quantitative estimate of drug-likeness (QED) is 0.663. The maximum atomic E-state index is 13.7. The zero-order valence-electron chi connectivity index (χ0n) is 19.7.